The van der Waals surface area contributed by atoms with E-state index in [-0.39, 0.29) is 30.3 Å². The van der Waals surface area contributed by atoms with Gasteiger partial charge in [0.1, 0.15) is 23.9 Å². The number of aromatic nitrogens is 3. The zero-order valence-corrected chi connectivity index (χ0v) is 35.0. The van der Waals surface area contributed by atoms with Crippen molar-refractivity contribution in [3.63, 3.8) is 0 Å². The molecule has 0 saturated carbocycles. The fourth-order valence-electron chi connectivity index (χ4n) is 8.38. The van der Waals surface area contributed by atoms with Gasteiger partial charge < -0.3 is 40.2 Å². The van der Waals surface area contributed by atoms with E-state index in [1.165, 1.54) is 19.1 Å². The van der Waals surface area contributed by atoms with Crippen LogP contribution >= 0.6 is 0 Å². The molecule has 2 aromatic heterocycles. The highest BCUT2D eigenvalue weighted by Gasteiger charge is 2.39. The van der Waals surface area contributed by atoms with Gasteiger partial charge >= 0.3 is 12.2 Å². The first-order valence-electron chi connectivity index (χ1n) is 20.9. The summed E-state index contributed by atoms with van der Waals surface area (Å²) in [7, 11) is 2.51. The summed E-state index contributed by atoms with van der Waals surface area (Å²) in [6.45, 7) is 1.22. The van der Waals surface area contributed by atoms with E-state index in [9.17, 15) is 24.0 Å². The molecule has 4 heterocycles. The van der Waals surface area contributed by atoms with Gasteiger partial charge in [0.25, 0.3) is 11.8 Å². The van der Waals surface area contributed by atoms with Crippen molar-refractivity contribution in [2.24, 2.45) is 0 Å². The quantitative estimate of drug-likeness (QED) is 0.103. The lowest BCUT2D eigenvalue weighted by Gasteiger charge is -2.28. The number of benzene rings is 4. The van der Waals surface area contributed by atoms with Crippen LogP contribution in [0.15, 0.2) is 121 Å². The minimum absolute atomic E-state index is 0.229. The molecule has 6 aromatic rings. The summed E-state index contributed by atoms with van der Waals surface area (Å²) in [6.07, 6.45) is 3.08. The molecular weight excluding hydrogens is 801 g/mol. The molecule has 8 rings (SSSR count). The van der Waals surface area contributed by atoms with E-state index in [0.29, 0.717) is 42.9 Å². The van der Waals surface area contributed by atoms with Gasteiger partial charge in [-0.2, -0.15) is 0 Å². The van der Waals surface area contributed by atoms with Crippen molar-refractivity contribution in [2.75, 3.05) is 27.3 Å². The summed E-state index contributed by atoms with van der Waals surface area (Å²) in [5.41, 5.74) is 6.42. The summed E-state index contributed by atoms with van der Waals surface area (Å²) in [5, 5.41) is 9.27. The minimum atomic E-state index is -0.983. The molecule has 63 heavy (non-hydrogen) atoms. The Bertz CT molecular complexity index is 2600. The third kappa shape index (κ3) is 9.37. The maximum Gasteiger partial charge on any atom is 0.407 e. The van der Waals surface area contributed by atoms with E-state index in [0.717, 1.165) is 51.8 Å². The Labute approximate surface area is 364 Å². The molecular formula is C48H48N8O7. The second-order valence-corrected chi connectivity index (χ2v) is 15.5. The van der Waals surface area contributed by atoms with E-state index in [4.69, 9.17) is 19.4 Å². The van der Waals surface area contributed by atoms with Gasteiger partial charge in [-0.25, -0.2) is 19.6 Å². The predicted molar refractivity (Wildman–Crippen MR) is 234 cm³/mol. The minimum Gasteiger partial charge on any atom is -0.453 e. The van der Waals surface area contributed by atoms with Gasteiger partial charge in [0, 0.05) is 36.1 Å². The van der Waals surface area contributed by atoms with Crippen molar-refractivity contribution >= 4 is 40.8 Å². The molecule has 0 radical (unpaired) electrons. The molecule has 0 spiro atoms. The number of rotatable bonds is 12. The molecule has 5 amide bonds. The molecule has 0 bridgehead atoms. The lowest BCUT2D eigenvalue weighted by molar-refractivity contribution is -0.140. The van der Waals surface area contributed by atoms with Crippen LogP contribution in [0.3, 0.4) is 0 Å². The number of ether oxygens (including phenoxy) is 2. The average molecular weight is 849 g/mol. The maximum absolute atomic E-state index is 13.9. The van der Waals surface area contributed by atoms with Crippen molar-refractivity contribution < 1.29 is 33.4 Å². The van der Waals surface area contributed by atoms with Crippen LogP contribution in [0.2, 0.25) is 0 Å². The zero-order valence-electron chi connectivity index (χ0n) is 35.0. The number of hydrogen-bond acceptors (Lipinski definition) is 9. The van der Waals surface area contributed by atoms with Gasteiger partial charge in [-0.15, -0.1) is 0 Å². The van der Waals surface area contributed by atoms with Crippen LogP contribution in [-0.2, 0) is 30.4 Å². The molecule has 2 aliphatic rings. The molecule has 4 aromatic carbocycles. The number of alkyl carbamates (subject to hydrolysis) is 2. The van der Waals surface area contributed by atoms with Crippen LogP contribution in [0, 0.1) is 0 Å². The highest BCUT2D eigenvalue weighted by Crippen LogP contribution is 2.35. The number of nitrogens with one attached hydrogen (secondary N) is 4. The molecule has 322 valence electrons. The number of hydrogen-bond donors (Lipinski definition) is 4. The third-order valence-electron chi connectivity index (χ3n) is 11.7. The van der Waals surface area contributed by atoms with Gasteiger partial charge in [0.2, 0.25) is 5.91 Å². The number of likely N-dealkylation sites (tertiary alicyclic amines) is 2. The first-order valence-corrected chi connectivity index (χ1v) is 20.9. The predicted octanol–water partition coefficient (Wildman–Crippen LogP) is 6.76. The van der Waals surface area contributed by atoms with E-state index in [1.807, 2.05) is 84.9 Å². The van der Waals surface area contributed by atoms with E-state index >= 15 is 0 Å². The fourth-order valence-corrected chi connectivity index (χ4v) is 8.38. The summed E-state index contributed by atoms with van der Waals surface area (Å²) in [5.74, 6) is -0.174. The van der Waals surface area contributed by atoms with Gasteiger partial charge in [0.15, 0.2) is 0 Å². The number of imidazole rings is 1. The lowest BCUT2D eigenvalue weighted by Crippen LogP contribution is -2.50. The fraction of sp³-hybridized carbons (Fsp3) is 0.271. The summed E-state index contributed by atoms with van der Waals surface area (Å²) in [6, 6.07) is 33.0. The Balaban J connectivity index is 0.899. The van der Waals surface area contributed by atoms with Crippen molar-refractivity contribution in [1.29, 1.82) is 0 Å². The maximum atomic E-state index is 13.9. The number of nitrogens with zero attached hydrogens (tertiary/aromatic N) is 4. The summed E-state index contributed by atoms with van der Waals surface area (Å²) >= 11 is 0. The molecule has 0 aliphatic carbocycles. The van der Waals surface area contributed by atoms with Crippen molar-refractivity contribution in [3.8, 4) is 22.5 Å². The van der Waals surface area contributed by atoms with Crippen LogP contribution in [0.5, 0.6) is 0 Å². The van der Waals surface area contributed by atoms with E-state index in [1.54, 1.807) is 35.4 Å². The number of aromatic amines is 1. The topological polar surface area (TPSA) is 188 Å². The number of carbonyl (C=O) groups is 5. The summed E-state index contributed by atoms with van der Waals surface area (Å²) < 4.78 is 9.60. The number of methoxy groups -OCH3 is 2. The van der Waals surface area contributed by atoms with Crippen molar-refractivity contribution in [1.82, 2.24) is 40.7 Å². The molecule has 4 atom stereocenters. The normalized spacial score (nSPS) is 16.9. The monoisotopic (exact) mass is 848 g/mol. The van der Waals surface area contributed by atoms with Gasteiger partial charge in [-0.05, 0) is 60.6 Å². The molecule has 2 fully saturated rings. The SMILES string of the molecule is COC(=O)N[C@@H](C(=O)N1CCC[C@H]1C(=O)NCc1ccc(-c2ccc3cc(-c4cnc([C@@H]5CCCN5C(=O)[C@H](NC(=O)OC)c5ccccc5)[nH]4)ccc3n2)cc1)c1ccccc1. The Kier molecular flexibility index (Phi) is 12.7. The standard InChI is InChI=1S/C48H48N8O7/c1-62-47(60)53-41(32-11-5-3-6-12-32)45(58)55-25-9-15-39(55)43-49-29-38(52-43)35-22-24-37-34(27-35)21-23-36(51-37)31-19-17-30(18-20-31)28-50-44(57)40-16-10-26-56(40)46(59)42(54-48(61)63-2)33-13-7-4-8-14-33/h3-8,11-14,17-24,27,29,39-42H,9-10,15-16,25-26,28H2,1-2H3,(H,49,52)(H,50,57)(H,53,60)(H,54,61)/t39-,40-,41+,42+/m0/s1. The van der Waals surface area contributed by atoms with Crippen LogP contribution in [0.25, 0.3) is 33.4 Å². The first kappa shape index (κ1) is 42.2. The number of fused-ring (bicyclic) bond motifs is 1. The number of amides is 5. The molecule has 2 saturated heterocycles. The third-order valence-corrected chi connectivity index (χ3v) is 11.7. The first-order chi connectivity index (χ1) is 30.7. The molecule has 15 nitrogen and oxygen atoms in total. The van der Waals surface area contributed by atoms with Gasteiger partial charge in [0.05, 0.1) is 43.4 Å². The van der Waals surface area contributed by atoms with Crippen LogP contribution < -0.4 is 16.0 Å². The molecule has 15 heteroatoms. The highest BCUT2D eigenvalue weighted by atomic mass is 16.5. The summed E-state index contributed by atoms with van der Waals surface area (Å²) in [4.78, 5) is 81.9. The average Bonchev–Trinajstić information content (AvgIpc) is 4.14. The Morgan fingerprint density at radius 1 is 0.714 bits per heavy atom. The number of H-pyrrole nitrogens is 1. The van der Waals surface area contributed by atoms with Crippen molar-refractivity contribution in [3.05, 3.63) is 144 Å². The smallest absolute Gasteiger partial charge is 0.407 e. The van der Waals surface area contributed by atoms with Crippen LogP contribution in [0.4, 0.5) is 9.59 Å². The molecule has 0 unspecified atom stereocenters. The number of pyridine rings is 1. The van der Waals surface area contributed by atoms with Crippen molar-refractivity contribution in [2.45, 2.75) is 56.4 Å². The van der Waals surface area contributed by atoms with E-state index in [2.05, 4.69) is 27.0 Å². The zero-order chi connectivity index (χ0) is 43.9. The molecule has 4 N–H and O–H groups in total. The number of carbonyl (C=O) groups excluding carboxylic acids is 5. The van der Waals surface area contributed by atoms with Gasteiger partial charge in [-0.3, -0.25) is 14.4 Å². The van der Waals surface area contributed by atoms with Gasteiger partial charge in [-0.1, -0.05) is 97.1 Å². The second kappa shape index (κ2) is 19.0. The lowest BCUT2D eigenvalue weighted by atomic mass is 10.0. The Hall–Kier alpha value is -7.55. The Morgan fingerprint density at radius 3 is 1.97 bits per heavy atom. The highest BCUT2D eigenvalue weighted by molar-refractivity contribution is 5.93. The largest absolute Gasteiger partial charge is 0.453 e. The Morgan fingerprint density at radius 2 is 1.32 bits per heavy atom. The molecule has 2 aliphatic heterocycles. The van der Waals surface area contributed by atoms with Crippen LogP contribution in [0.1, 0.15) is 66.3 Å². The van der Waals surface area contributed by atoms with E-state index < -0.39 is 30.3 Å². The second-order valence-electron chi connectivity index (χ2n) is 15.5. The van der Waals surface area contributed by atoms with Crippen LogP contribution in [-0.4, -0.2) is 88.0 Å².